The van der Waals surface area contributed by atoms with Gasteiger partial charge in [-0.05, 0) is 50.6 Å². The Morgan fingerprint density at radius 2 is 1.90 bits per heavy atom. The Labute approximate surface area is 168 Å². The third kappa shape index (κ3) is 4.71. The molecule has 0 spiro atoms. The molecule has 3 aromatic rings. The van der Waals surface area contributed by atoms with Crippen LogP contribution in [0.1, 0.15) is 32.4 Å². The van der Waals surface area contributed by atoms with Gasteiger partial charge in [0.1, 0.15) is 12.1 Å². The number of amides is 1. The van der Waals surface area contributed by atoms with Crippen LogP contribution in [-0.4, -0.2) is 34.1 Å². The minimum absolute atomic E-state index is 0.0215. The Morgan fingerprint density at radius 3 is 2.62 bits per heavy atom. The SMILES string of the molecule is COc1cc(C(C)NC(=O)Cn2nnc3ccccc3c2=O)ccc1OC(C)C. The molecule has 29 heavy (non-hydrogen) atoms. The van der Waals surface area contributed by atoms with Crippen LogP contribution < -0.4 is 20.3 Å². The second-order valence-corrected chi connectivity index (χ2v) is 6.94. The van der Waals surface area contributed by atoms with Crippen molar-refractivity contribution in [1.82, 2.24) is 20.3 Å². The standard InChI is InChI=1S/C21H24N4O4/c1-13(2)29-18-10-9-15(11-19(18)28-4)14(3)22-20(26)12-25-21(27)16-7-5-6-8-17(16)23-24-25/h5-11,13-14H,12H2,1-4H3,(H,22,26). The van der Waals surface area contributed by atoms with E-state index in [1.54, 1.807) is 31.4 Å². The third-order valence-electron chi connectivity index (χ3n) is 4.35. The lowest BCUT2D eigenvalue weighted by Crippen LogP contribution is -2.35. The van der Waals surface area contributed by atoms with E-state index in [-0.39, 0.29) is 30.2 Å². The summed E-state index contributed by atoms with van der Waals surface area (Å²) in [5.41, 5.74) is 0.997. The van der Waals surface area contributed by atoms with Crippen LogP contribution in [0.25, 0.3) is 10.9 Å². The van der Waals surface area contributed by atoms with E-state index in [9.17, 15) is 9.59 Å². The van der Waals surface area contributed by atoms with Crippen molar-refractivity contribution >= 4 is 16.8 Å². The van der Waals surface area contributed by atoms with E-state index < -0.39 is 0 Å². The van der Waals surface area contributed by atoms with Crippen LogP contribution in [0, 0.1) is 0 Å². The van der Waals surface area contributed by atoms with Crippen molar-refractivity contribution in [2.75, 3.05) is 7.11 Å². The predicted molar refractivity (Wildman–Crippen MR) is 109 cm³/mol. The van der Waals surface area contributed by atoms with Gasteiger partial charge in [0.15, 0.2) is 11.5 Å². The molecule has 3 rings (SSSR count). The van der Waals surface area contributed by atoms with Gasteiger partial charge in [0.05, 0.1) is 24.6 Å². The number of fused-ring (bicyclic) bond motifs is 1. The van der Waals surface area contributed by atoms with Crippen LogP contribution in [0.2, 0.25) is 0 Å². The number of hydrogen-bond acceptors (Lipinski definition) is 6. The van der Waals surface area contributed by atoms with Gasteiger partial charge >= 0.3 is 0 Å². The summed E-state index contributed by atoms with van der Waals surface area (Å²) in [6.07, 6.45) is 0.0215. The van der Waals surface area contributed by atoms with Crippen molar-refractivity contribution in [3.63, 3.8) is 0 Å². The molecule has 1 amide bonds. The van der Waals surface area contributed by atoms with Crippen molar-refractivity contribution in [2.24, 2.45) is 0 Å². The van der Waals surface area contributed by atoms with Gasteiger partial charge in [-0.15, -0.1) is 5.10 Å². The van der Waals surface area contributed by atoms with Crippen molar-refractivity contribution < 1.29 is 14.3 Å². The van der Waals surface area contributed by atoms with Crippen LogP contribution in [0.4, 0.5) is 0 Å². The summed E-state index contributed by atoms with van der Waals surface area (Å²) < 4.78 is 12.2. The molecule has 1 aromatic heterocycles. The fourth-order valence-corrected chi connectivity index (χ4v) is 2.94. The molecule has 1 heterocycles. The lowest BCUT2D eigenvalue weighted by Gasteiger charge is -2.18. The monoisotopic (exact) mass is 396 g/mol. The first-order valence-electron chi connectivity index (χ1n) is 9.35. The number of nitrogens with zero attached hydrogens (tertiary/aromatic N) is 3. The average molecular weight is 396 g/mol. The minimum Gasteiger partial charge on any atom is -0.493 e. The van der Waals surface area contributed by atoms with Crippen molar-refractivity contribution in [1.29, 1.82) is 0 Å². The van der Waals surface area contributed by atoms with E-state index >= 15 is 0 Å². The summed E-state index contributed by atoms with van der Waals surface area (Å²) in [4.78, 5) is 24.9. The lowest BCUT2D eigenvalue weighted by molar-refractivity contribution is -0.122. The van der Waals surface area contributed by atoms with Gasteiger partial charge in [0, 0.05) is 0 Å². The molecular formula is C21H24N4O4. The van der Waals surface area contributed by atoms with Crippen LogP contribution in [0.15, 0.2) is 47.3 Å². The van der Waals surface area contributed by atoms with Crippen molar-refractivity contribution in [3.8, 4) is 11.5 Å². The molecule has 0 radical (unpaired) electrons. The molecule has 0 aliphatic rings. The van der Waals surface area contributed by atoms with Crippen LogP contribution in [-0.2, 0) is 11.3 Å². The zero-order valence-electron chi connectivity index (χ0n) is 16.9. The van der Waals surface area contributed by atoms with Gasteiger partial charge in [0.2, 0.25) is 5.91 Å². The number of ether oxygens (including phenoxy) is 2. The Morgan fingerprint density at radius 1 is 1.14 bits per heavy atom. The number of methoxy groups -OCH3 is 1. The molecule has 0 bridgehead atoms. The highest BCUT2D eigenvalue weighted by Crippen LogP contribution is 2.31. The highest BCUT2D eigenvalue weighted by atomic mass is 16.5. The fraction of sp³-hybridized carbons (Fsp3) is 0.333. The Kier molecular flexibility index (Phi) is 6.11. The summed E-state index contributed by atoms with van der Waals surface area (Å²) in [5.74, 6) is 0.891. The predicted octanol–water partition coefficient (Wildman–Crippen LogP) is 2.46. The second-order valence-electron chi connectivity index (χ2n) is 6.94. The summed E-state index contributed by atoms with van der Waals surface area (Å²) in [6.45, 7) is 5.51. The largest absolute Gasteiger partial charge is 0.493 e. The summed E-state index contributed by atoms with van der Waals surface area (Å²) in [7, 11) is 1.57. The van der Waals surface area contributed by atoms with Gasteiger partial charge in [-0.2, -0.15) is 0 Å². The molecule has 8 nitrogen and oxygen atoms in total. The quantitative estimate of drug-likeness (QED) is 0.659. The molecule has 1 atom stereocenters. The maximum atomic E-state index is 12.5. The smallest absolute Gasteiger partial charge is 0.278 e. The lowest BCUT2D eigenvalue weighted by atomic mass is 10.1. The molecule has 1 N–H and O–H groups in total. The van der Waals surface area contributed by atoms with Gasteiger partial charge in [-0.1, -0.05) is 23.4 Å². The third-order valence-corrected chi connectivity index (χ3v) is 4.35. The molecule has 2 aromatic carbocycles. The van der Waals surface area contributed by atoms with Crippen LogP contribution in [0.3, 0.4) is 0 Å². The molecule has 8 heteroatoms. The first-order valence-corrected chi connectivity index (χ1v) is 9.35. The first-order chi connectivity index (χ1) is 13.9. The van der Waals surface area contributed by atoms with Crippen LogP contribution in [0.5, 0.6) is 11.5 Å². The molecule has 0 aliphatic heterocycles. The van der Waals surface area contributed by atoms with Crippen molar-refractivity contribution in [2.45, 2.75) is 39.5 Å². The van der Waals surface area contributed by atoms with Gasteiger partial charge < -0.3 is 14.8 Å². The van der Waals surface area contributed by atoms with E-state index in [0.29, 0.717) is 22.4 Å². The zero-order chi connectivity index (χ0) is 21.0. The molecule has 152 valence electrons. The van der Waals surface area contributed by atoms with Gasteiger partial charge in [-0.25, -0.2) is 4.68 Å². The second kappa shape index (κ2) is 8.72. The number of carbonyl (C=O) groups excluding carboxylic acids is 1. The molecule has 0 saturated heterocycles. The number of nitrogens with one attached hydrogen (secondary N) is 1. The molecular weight excluding hydrogens is 372 g/mol. The molecule has 0 fully saturated rings. The van der Waals surface area contributed by atoms with Crippen LogP contribution >= 0.6 is 0 Å². The summed E-state index contributed by atoms with van der Waals surface area (Å²) >= 11 is 0. The minimum atomic E-state index is -0.352. The normalized spacial score (nSPS) is 12.0. The maximum Gasteiger partial charge on any atom is 0.278 e. The molecule has 0 aliphatic carbocycles. The van der Waals surface area contributed by atoms with E-state index in [4.69, 9.17) is 9.47 Å². The maximum absolute atomic E-state index is 12.5. The topological polar surface area (TPSA) is 95.3 Å². The highest BCUT2D eigenvalue weighted by molar-refractivity contribution is 5.78. The van der Waals surface area contributed by atoms with Crippen molar-refractivity contribution in [3.05, 3.63) is 58.4 Å². The van der Waals surface area contributed by atoms with E-state index in [1.165, 1.54) is 0 Å². The molecule has 1 unspecified atom stereocenters. The number of hydrogen-bond donors (Lipinski definition) is 1. The summed E-state index contributed by atoms with van der Waals surface area (Å²) in [6, 6.07) is 12.1. The Hall–Kier alpha value is -3.42. The number of carbonyl (C=O) groups is 1. The first kappa shape index (κ1) is 20.3. The van der Waals surface area contributed by atoms with Gasteiger partial charge in [-0.3, -0.25) is 9.59 Å². The van der Waals surface area contributed by atoms with E-state index in [2.05, 4.69) is 15.6 Å². The molecule has 0 saturated carbocycles. The number of aromatic nitrogens is 3. The average Bonchev–Trinajstić information content (AvgIpc) is 2.70. The highest BCUT2D eigenvalue weighted by Gasteiger charge is 2.15. The van der Waals surface area contributed by atoms with Gasteiger partial charge in [0.25, 0.3) is 5.56 Å². The summed E-state index contributed by atoms with van der Waals surface area (Å²) in [5, 5.41) is 11.1. The fourth-order valence-electron chi connectivity index (χ4n) is 2.94. The van der Waals surface area contributed by atoms with E-state index in [1.807, 2.05) is 39.0 Å². The van der Waals surface area contributed by atoms with E-state index in [0.717, 1.165) is 10.2 Å². The number of rotatable bonds is 7. The zero-order valence-corrected chi connectivity index (χ0v) is 16.9. The Balaban J connectivity index is 1.72. The number of benzene rings is 2. The Bertz CT molecular complexity index is 1080.